The normalized spacial score (nSPS) is 32.9. The summed E-state index contributed by atoms with van der Waals surface area (Å²) in [5.74, 6) is -0.324. The van der Waals surface area contributed by atoms with Gasteiger partial charge in [0.05, 0.1) is 6.54 Å². The van der Waals surface area contributed by atoms with Crippen molar-refractivity contribution in [3.8, 4) is 0 Å². The van der Waals surface area contributed by atoms with Gasteiger partial charge in [-0.25, -0.2) is 9.59 Å². The fraction of sp³-hybridized carbons (Fsp3) is 0.818. The average molecular weight is 227 g/mol. The molecule has 0 aromatic heterocycles. The molecule has 0 aromatic rings. The molecule has 0 aliphatic carbocycles. The Balaban J connectivity index is 2.12. The monoisotopic (exact) mass is 227 g/mol. The molecule has 16 heavy (non-hydrogen) atoms. The highest BCUT2D eigenvalue weighted by atomic mass is 16.6. The van der Waals surface area contributed by atoms with Gasteiger partial charge in [-0.15, -0.1) is 0 Å². The van der Waals surface area contributed by atoms with E-state index in [2.05, 4.69) is 0 Å². The fourth-order valence-corrected chi connectivity index (χ4v) is 2.17. The molecule has 0 aromatic carbocycles. The molecule has 2 heterocycles. The number of rotatable bonds is 0. The summed E-state index contributed by atoms with van der Waals surface area (Å²) in [5, 5.41) is 0. The van der Waals surface area contributed by atoms with Crippen LogP contribution in [0.15, 0.2) is 0 Å². The zero-order chi connectivity index (χ0) is 12.1. The molecule has 2 aliphatic heterocycles. The van der Waals surface area contributed by atoms with Gasteiger partial charge in [0.1, 0.15) is 17.2 Å². The van der Waals surface area contributed by atoms with Crippen LogP contribution in [0.25, 0.3) is 0 Å². The van der Waals surface area contributed by atoms with Crippen LogP contribution in [-0.2, 0) is 14.3 Å². The number of hydrogen-bond acceptors (Lipinski definition) is 4. The number of nitrogens with zero attached hydrogens (tertiary/aromatic N) is 1. The van der Waals surface area contributed by atoms with Crippen molar-refractivity contribution in [2.75, 3.05) is 6.54 Å². The van der Waals surface area contributed by atoms with Gasteiger partial charge in [0, 0.05) is 6.42 Å². The molecule has 90 valence electrons. The van der Waals surface area contributed by atoms with E-state index in [1.54, 1.807) is 27.7 Å². The third kappa shape index (κ3) is 1.64. The largest absolute Gasteiger partial charge is 0.459 e. The molecule has 2 saturated heterocycles. The zero-order valence-corrected chi connectivity index (χ0v) is 10.1. The molecule has 1 amide bonds. The number of carbonyl (C=O) groups is 2. The van der Waals surface area contributed by atoms with Crippen molar-refractivity contribution in [3.05, 3.63) is 0 Å². The molecular weight excluding hydrogens is 210 g/mol. The third-order valence-corrected chi connectivity index (χ3v) is 2.93. The van der Waals surface area contributed by atoms with E-state index in [-0.39, 0.29) is 12.1 Å². The molecular formula is C11H17NO4. The molecule has 5 nitrogen and oxygen atoms in total. The average Bonchev–Trinajstić information content (AvgIpc) is 2.53. The predicted molar refractivity (Wildman–Crippen MR) is 55.8 cm³/mol. The van der Waals surface area contributed by atoms with E-state index in [4.69, 9.17) is 9.47 Å². The second kappa shape index (κ2) is 3.12. The Labute approximate surface area is 94.7 Å². The van der Waals surface area contributed by atoms with Gasteiger partial charge in [0.2, 0.25) is 0 Å². The van der Waals surface area contributed by atoms with E-state index in [1.165, 1.54) is 4.90 Å². The predicted octanol–water partition coefficient (Wildman–Crippen LogP) is 1.31. The number of ether oxygens (including phenoxy) is 2. The molecule has 0 spiro atoms. The highest BCUT2D eigenvalue weighted by molar-refractivity contribution is 5.89. The lowest BCUT2D eigenvalue weighted by Gasteiger charge is -2.34. The van der Waals surface area contributed by atoms with Crippen LogP contribution in [0.5, 0.6) is 0 Å². The number of likely N-dealkylation sites (tertiary alicyclic amines) is 1. The van der Waals surface area contributed by atoms with Crippen molar-refractivity contribution in [1.82, 2.24) is 4.90 Å². The fourth-order valence-electron chi connectivity index (χ4n) is 2.17. The SMILES string of the molecule is CC(C)(C)OC(=O)N1C[C@H]2C[C@]1(C)C(=O)O2. The Morgan fingerprint density at radius 2 is 2.19 bits per heavy atom. The molecule has 2 atom stereocenters. The van der Waals surface area contributed by atoms with E-state index in [9.17, 15) is 9.59 Å². The van der Waals surface area contributed by atoms with Crippen molar-refractivity contribution in [2.24, 2.45) is 0 Å². The van der Waals surface area contributed by atoms with Gasteiger partial charge >= 0.3 is 12.1 Å². The first-order chi connectivity index (χ1) is 7.22. The minimum atomic E-state index is -0.826. The summed E-state index contributed by atoms with van der Waals surface area (Å²) < 4.78 is 10.4. The Morgan fingerprint density at radius 3 is 2.62 bits per heavy atom. The van der Waals surface area contributed by atoms with Crippen LogP contribution in [0.4, 0.5) is 4.79 Å². The third-order valence-electron chi connectivity index (χ3n) is 2.93. The van der Waals surface area contributed by atoms with Gasteiger partial charge in [-0.05, 0) is 27.7 Å². The molecule has 2 bridgehead atoms. The first-order valence-corrected chi connectivity index (χ1v) is 5.44. The van der Waals surface area contributed by atoms with Crippen molar-refractivity contribution in [1.29, 1.82) is 0 Å². The molecule has 5 heteroatoms. The minimum Gasteiger partial charge on any atom is -0.459 e. The molecule has 2 rings (SSSR count). The van der Waals surface area contributed by atoms with Gasteiger partial charge in [-0.3, -0.25) is 4.90 Å². The Kier molecular flexibility index (Phi) is 2.19. The number of fused-ring (bicyclic) bond motifs is 2. The molecule has 0 N–H and O–H groups in total. The highest BCUT2D eigenvalue weighted by Gasteiger charge is 2.59. The zero-order valence-electron chi connectivity index (χ0n) is 10.1. The van der Waals surface area contributed by atoms with E-state index in [0.717, 1.165) is 0 Å². The maximum atomic E-state index is 11.9. The molecule has 2 fully saturated rings. The number of esters is 1. The number of carbonyl (C=O) groups excluding carboxylic acids is 2. The van der Waals surface area contributed by atoms with E-state index >= 15 is 0 Å². The quantitative estimate of drug-likeness (QED) is 0.585. The van der Waals surface area contributed by atoms with Crippen LogP contribution in [-0.4, -0.2) is 40.8 Å². The second-order valence-corrected chi connectivity index (χ2v) is 5.60. The second-order valence-electron chi connectivity index (χ2n) is 5.60. The summed E-state index contributed by atoms with van der Waals surface area (Å²) in [7, 11) is 0. The Hall–Kier alpha value is -1.26. The summed E-state index contributed by atoms with van der Waals surface area (Å²) in [4.78, 5) is 24.9. The van der Waals surface area contributed by atoms with Gasteiger partial charge in [0.25, 0.3) is 0 Å². The first-order valence-electron chi connectivity index (χ1n) is 5.44. The van der Waals surface area contributed by atoms with Crippen molar-refractivity contribution in [2.45, 2.75) is 51.4 Å². The van der Waals surface area contributed by atoms with Crippen molar-refractivity contribution in [3.63, 3.8) is 0 Å². The minimum absolute atomic E-state index is 0.162. The lowest BCUT2D eigenvalue weighted by Crippen LogP contribution is -2.53. The smallest absolute Gasteiger partial charge is 0.411 e. The van der Waals surface area contributed by atoms with Crippen LogP contribution < -0.4 is 0 Å². The molecule has 2 aliphatic rings. The Morgan fingerprint density at radius 1 is 1.56 bits per heavy atom. The lowest BCUT2D eigenvalue weighted by atomic mass is 10.0. The van der Waals surface area contributed by atoms with Gasteiger partial charge in [-0.1, -0.05) is 0 Å². The molecule has 0 unspecified atom stereocenters. The molecule has 0 saturated carbocycles. The lowest BCUT2D eigenvalue weighted by molar-refractivity contribution is -0.156. The maximum absolute atomic E-state index is 11.9. The summed E-state index contributed by atoms with van der Waals surface area (Å²) in [6.07, 6.45) is -0.0235. The Bertz CT molecular complexity index is 346. The van der Waals surface area contributed by atoms with E-state index in [0.29, 0.717) is 13.0 Å². The van der Waals surface area contributed by atoms with Gasteiger partial charge in [0.15, 0.2) is 0 Å². The summed E-state index contributed by atoms with van der Waals surface area (Å²) in [6.45, 7) is 7.59. The van der Waals surface area contributed by atoms with Gasteiger partial charge in [-0.2, -0.15) is 0 Å². The van der Waals surface area contributed by atoms with Crippen LogP contribution in [0.1, 0.15) is 34.1 Å². The maximum Gasteiger partial charge on any atom is 0.411 e. The van der Waals surface area contributed by atoms with Crippen LogP contribution in [0.2, 0.25) is 0 Å². The molecule has 0 radical (unpaired) electrons. The van der Waals surface area contributed by atoms with Crippen LogP contribution in [0.3, 0.4) is 0 Å². The van der Waals surface area contributed by atoms with E-state index in [1.807, 2.05) is 0 Å². The van der Waals surface area contributed by atoms with Crippen molar-refractivity contribution < 1.29 is 19.1 Å². The summed E-state index contributed by atoms with van der Waals surface area (Å²) >= 11 is 0. The number of hydrogen-bond donors (Lipinski definition) is 0. The van der Waals surface area contributed by atoms with Crippen molar-refractivity contribution >= 4 is 12.1 Å². The summed E-state index contributed by atoms with van der Waals surface area (Å²) in [5.41, 5.74) is -1.37. The number of amides is 1. The van der Waals surface area contributed by atoms with E-state index < -0.39 is 17.2 Å². The van der Waals surface area contributed by atoms with Crippen LogP contribution >= 0.6 is 0 Å². The highest BCUT2D eigenvalue weighted by Crippen LogP contribution is 2.39. The first kappa shape index (κ1) is 11.2. The van der Waals surface area contributed by atoms with Gasteiger partial charge < -0.3 is 9.47 Å². The summed E-state index contributed by atoms with van der Waals surface area (Å²) in [6, 6.07) is 0. The topological polar surface area (TPSA) is 55.8 Å². The standard InChI is InChI=1S/C11H17NO4/c1-10(2,3)16-9(14)12-6-7-5-11(12,4)8(13)15-7/h7H,5-6H2,1-4H3/t7-,11-/m1/s1. The van der Waals surface area contributed by atoms with Crippen LogP contribution in [0, 0.1) is 0 Å². The number of morpholine rings is 1.